The zero-order valence-electron chi connectivity index (χ0n) is 12.5. The number of likely N-dealkylation sites (N-methyl/N-ethyl adjacent to an activating group) is 1. The number of carbonyl (C=O) groups excluding carboxylic acids is 2. The van der Waals surface area contributed by atoms with Crippen LogP contribution < -0.4 is 5.32 Å². The minimum Gasteiger partial charge on any atom is -0.352 e. The second-order valence-electron chi connectivity index (χ2n) is 5.06. The molecule has 116 valence electrons. The van der Waals surface area contributed by atoms with Gasteiger partial charge in [0.1, 0.15) is 0 Å². The fraction of sp³-hybridized carbons (Fsp3) is 0.467. The zero-order chi connectivity index (χ0) is 16.0. The lowest BCUT2D eigenvalue weighted by Gasteiger charge is -2.21. The molecule has 0 aliphatic carbocycles. The van der Waals surface area contributed by atoms with Gasteiger partial charge in [-0.15, -0.1) is 0 Å². The Morgan fingerprint density at radius 2 is 1.90 bits per heavy atom. The van der Waals surface area contributed by atoms with Gasteiger partial charge in [-0.2, -0.15) is 0 Å². The number of hydrogen-bond acceptors (Lipinski definition) is 2. The van der Waals surface area contributed by atoms with E-state index in [9.17, 15) is 9.59 Å². The molecule has 0 radical (unpaired) electrons. The van der Waals surface area contributed by atoms with Gasteiger partial charge in [0, 0.05) is 12.6 Å². The molecule has 0 aromatic heterocycles. The Balaban J connectivity index is 2.66. The highest BCUT2D eigenvalue weighted by atomic mass is 35.5. The van der Waals surface area contributed by atoms with Crippen LogP contribution in [0.4, 0.5) is 0 Å². The molecule has 0 spiro atoms. The molecular weight excluding hydrogens is 311 g/mol. The van der Waals surface area contributed by atoms with Crippen molar-refractivity contribution >= 4 is 35.0 Å². The van der Waals surface area contributed by atoms with Crippen LogP contribution in [0.2, 0.25) is 10.0 Å². The first kappa shape index (κ1) is 17.8. The second kappa shape index (κ2) is 8.25. The molecule has 0 aliphatic rings. The van der Waals surface area contributed by atoms with Gasteiger partial charge in [-0.05, 0) is 38.5 Å². The van der Waals surface area contributed by atoms with Gasteiger partial charge in [-0.3, -0.25) is 9.59 Å². The van der Waals surface area contributed by atoms with Crippen LogP contribution in [-0.2, 0) is 16.0 Å². The average Bonchev–Trinajstić information content (AvgIpc) is 2.39. The summed E-state index contributed by atoms with van der Waals surface area (Å²) in [5.41, 5.74) is 0.775. The first-order chi connectivity index (χ1) is 9.83. The van der Waals surface area contributed by atoms with Crippen LogP contribution in [0.5, 0.6) is 0 Å². The Morgan fingerprint density at radius 3 is 2.43 bits per heavy atom. The quantitative estimate of drug-likeness (QED) is 0.871. The predicted octanol–water partition coefficient (Wildman–Crippen LogP) is 2.91. The molecule has 0 unspecified atom stereocenters. The maximum Gasteiger partial charge on any atom is 0.239 e. The van der Waals surface area contributed by atoms with Crippen molar-refractivity contribution in [3.63, 3.8) is 0 Å². The van der Waals surface area contributed by atoms with Gasteiger partial charge < -0.3 is 10.2 Å². The van der Waals surface area contributed by atoms with Crippen molar-refractivity contribution in [1.29, 1.82) is 0 Å². The van der Waals surface area contributed by atoms with Crippen LogP contribution in [0.3, 0.4) is 0 Å². The molecule has 0 heterocycles. The van der Waals surface area contributed by atoms with E-state index in [1.54, 1.807) is 18.2 Å². The number of rotatable bonds is 6. The molecule has 4 nitrogen and oxygen atoms in total. The summed E-state index contributed by atoms with van der Waals surface area (Å²) in [6.07, 6.45) is 0.194. The van der Waals surface area contributed by atoms with E-state index >= 15 is 0 Å². The Bertz CT molecular complexity index is 518. The largest absolute Gasteiger partial charge is 0.352 e. The number of nitrogens with zero attached hydrogens (tertiary/aromatic N) is 1. The van der Waals surface area contributed by atoms with Gasteiger partial charge in [0.2, 0.25) is 11.8 Å². The van der Waals surface area contributed by atoms with Crippen LogP contribution in [0.25, 0.3) is 0 Å². The number of amides is 2. The highest BCUT2D eigenvalue weighted by Gasteiger charge is 2.16. The van der Waals surface area contributed by atoms with Crippen molar-refractivity contribution in [1.82, 2.24) is 10.2 Å². The lowest BCUT2D eigenvalue weighted by atomic mass is 10.1. The lowest BCUT2D eigenvalue weighted by Crippen LogP contribution is -2.43. The summed E-state index contributed by atoms with van der Waals surface area (Å²) in [4.78, 5) is 25.5. The third-order valence-corrected chi connectivity index (χ3v) is 3.60. The van der Waals surface area contributed by atoms with E-state index in [0.29, 0.717) is 16.6 Å². The van der Waals surface area contributed by atoms with E-state index in [1.807, 2.05) is 20.8 Å². The van der Waals surface area contributed by atoms with Crippen molar-refractivity contribution < 1.29 is 9.59 Å². The SMILES string of the molecule is CCN(CC(=O)NC(C)C)C(=O)Cc1ccc(Cl)c(Cl)c1. The summed E-state index contributed by atoms with van der Waals surface area (Å²) in [6, 6.07) is 5.15. The second-order valence-corrected chi connectivity index (χ2v) is 5.87. The number of benzene rings is 1. The highest BCUT2D eigenvalue weighted by Crippen LogP contribution is 2.23. The van der Waals surface area contributed by atoms with Crippen LogP contribution in [0.1, 0.15) is 26.3 Å². The van der Waals surface area contributed by atoms with E-state index in [1.165, 1.54) is 4.90 Å². The van der Waals surface area contributed by atoms with Gasteiger partial charge in [-0.1, -0.05) is 29.3 Å². The van der Waals surface area contributed by atoms with Gasteiger partial charge in [0.05, 0.1) is 23.0 Å². The molecule has 0 aliphatic heterocycles. The molecule has 0 fully saturated rings. The van der Waals surface area contributed by atoms with E-state index in [2.05, 4.69) is 5.32 Å². The molecule has 1 aromatic carbocycles. The third kappa shape index (κ3) is 5.94. The summed E-state index contributed by atoms with van der Waals surface area (Å²) in [7, 11) is 0. The summed E-state index contributed by atoms with van der Waals surface area (Å²) < 4.78 is 0. The smallest absolute Gasteiger partial charge is 0.239 e. The average molecular weight is 331 g/mol. The molecule has 0 atom stereocenters. The zero-order valence-corrected chi connectivity index (χ0v) is 14.0. The molecule has 2 amide bonds. The molecule has 0 saturated carbocycles. The van der Waals surface area contributed by atoms with Crippen LogP contribution in [0.15, 0.2) is 18.2 Å². The van der Waals surface area contributed by atoms with Crippen LogP contribution in [0, 0.1) is 0 Å². The summed E-state index contributed by atoms with van der Waals surface area (Å²) in [5.74, 6) is -0.274. The maximum atomic E-state index is 12.2. The Labute approximate surface area is 135 Å². The fourth-order valence-electron chi connectivity index (χ4n) is 1.85. The van der Waals surface area contributed by atoms with Crippen LogP contribution in [-0.4, -0.2) is 35.8 Å². The number of hydrogen-bond donors (Lipinski definition) is 1. The first-order valence-corrected chi connectivity index (χ1v) is 7.60. The maximum absolute atomic E-state index is 12.2. The summed E-state index contributed by atoms with van der Waals surface area (Å²) >= 11 is 11.8. The molecular formula is C15H20Cl2N2O2. The highest BCUT2D eigenvalue weighted by molar-refractivity contribution is 6.42. The number of carbonyl (C=O) groups is 2. The Morgan fingerprint density at radius 1 is 1.24 bits per heavy atom. The van der Waals surface area contributed by atoms with E-state index in [4.69, 9.17) is 23.2 Å². The van der Waals surface area contributed by atoms with E-state index < -0.39 is 0 Å². The molecule has 21 heavy (non-hydrogen) atoms. The van der Waals surface area contributed by atoms with Crippen LogP contribution >= 0.6 is 23.2 Å². The molecule has 1 aromatic rings. The van der Waals surface area contributed by atoms with Gasteiger partial charge >= 0.3 is 0 Å². The number of halogens is 2. The molecule has 1 rings (SSSR count). The van der Waals surface area contributed by atoms with Gasteiger partial charge in [-0.25, -0.2) is 0 Å². The third-order valence-electron chi connectivity index (χ3n) is 2.86. The Kier molecular flexibility index (Phi) is 6.99. The van der Waals surface area contributed by atoms with Gasteiger partial charge in [0.25, 0.3) is 0 Å². The van der Waals surface area contributed by atoms with Crippen molar-refractivity contribution in [2.45, 2.75) is 33.2 Å². The summed E-state index contributed by atoms with van der Waals surface area (Å²) in [5, 5.41) is 3.65. The van der Waals surface area contributed by atoms with E-state index in [0.717, 1.165) is 5.56 Å². The van der Waals surface area contributed by atoms with E-state index in [-0.39, 0.29) is 30.8 Å². The molecule has 1 N–H and O–H groups in total. The topological polar surface area (TPSA) is 49.4 Å². The summed E-state index contributed by atoms with van der Waals surface area (Å²) in [6.45, 7) is 6.15. The van der Waals surface area contributed by atoms with Crippen molar-refractivity contribution in [3.8, 4) is 0 Å². The Hall–Kier alpha value is -1.26. The minimum atomic E-state index is -0.158. The fourth-order valence-corrected chi connectivity index (χ4v) is 2.17. The molecule has 0 saturated heterocycles. The number of nitrogens with one attached hydrogen (secondary N) is 1. The molecule has 6 heteroatoms. The lowest BCUT2D eigenvalue weighted by molar-refractivity contribution is -0.135. The standard InChI is InChI=1S/C15H20Cl2N2O2/c1-4-19(9-14(20)18-10(2)3)15(21)8-11-5-6-12(16)13(17)7-11/h5-7,10H,4,8-9H2,1-3H3,(H,18,20). The van der Waals surface area contributed by atoms with Crippen molar-refractivity contribution in [2.24, 2.45) is 0 Å². The molecule has 0 bridgehead atoms. The van der Waals surface area contributed by atoms with Gasteiger partial charge in [0.15, 0.2) is 0 Å². The first-order valence-electron chi connectivity index (χ1n) is 6.84. The van der Waals surface area contributed by atoms with Crippen molar-refractivity contribution in [2.75, 3.05) is 13.1 Å². The monoisotopic (exact) mass is 330 g/mol. The van der Waals surface area contributed by atoms with Crippen molar-refractivity contribution in [3.05, 3.63) is 33.8 Å². The normalized spacial score (nSPS) is 10.6. The minimum absolute atomic E-state index is 0.0568. The predicted molar refractivity (Wildman–Crippen MR) is 85.7 cm³/mol.